The van der Waals surface area contributed by atoms with Crippen LogP contribution in [0.3, 0.4) is 0 Å². The first-order chi connectivity index (χ1) is 13.7. The van der Waals surface area contributed by atoms with E-state index < -0.39 is 0 Å². The first kappa shape index (κ1) is 20.4. The van der Waals surface area contributed by atoms with Gasteiger partial charge < -0.3 is 15.0 Å². The molecule has 2 N–H and O–H groups in total. The molecule has 1 unspecified atom stereocenters. The van der Waals surface area contributed by atoms with E-state index in [0.29, 0.717) is 11.3 Å². The predicted molar refractivity (Wildman–Crippen MR) is 114 cm³/mol. The van der Waals surface area contributed by atoms with Crippen molar-refractivity contribution in [2.75, 3.05) is 7.05 Å². The third-order valence-electron chi connectivity index (χ3n) is 5.13. The standard InChI is InChI=1S/C23H27N5O/c1-14-19(21(26-6)23(3,4)5)20(18(13-24)22(25)29-14)16-7-9-17(10-8-16)28-12-11-27-15(28)2/h7-12,20H,25H2,1-6H3. The summed E-state index contributed by atoms with van der Waals surface area (Å²) in [4.78, 5) is 8.85. The first-order valence-corrected chi connectivity index (χ1v) is 9.55. The third kappa shape index (κ3) is 3.68. The largest absolute Gasteiger partial charge is 0.445 e. The Morgan fingerprint density at radius 3 is 2.38 bits per heavy atom. The number of aliphatic imine (C=N–C) groups is 1. The molecule has 6 nitrogen and oxygen atoms in total. The molecule has 0 saturated carbocycles. The highest BCUT2D eigenvalue weighted by Gasteiger charge is 2.37. The molecule has 1 aliphatic heterocycles. The number of benzene rings is 1. The molecule has 0 saturated heterocycles. The second-order valence-electron chi connectivity index (χ2n) is 8.15. The van der Waals surface area contributed by atoms with Crippen LogP contribution in [0.15, 0.2) is 64.4 Å². The van der Waals surface area contributed by atoms with Crippen LogP contribution in [0.2, 0.25) is 0 Å². The SMILES string of the molecule is CN=C(C1=C(C)OC(N)=C(C#N)C1c1ccc(-n2ccnc2C)cc1)C(C)(C)C. The van der Waals surface area contributed by atoms with E-state index in [0.717, 1.165) is 28.4 Å². The van der Waals surface area contributed by atoms with E-state index in [2.05, 4.69) is 36.8 Å². The fourth-order valence-electron chi connectivity index (χ4n) is 3.86. The zero-order valence-electron chi connectivity index (χ0n) is 17.8. The van der Waals surface area contributed by atoms with Crippen molar-refractivity contribution < 1.29 is 4.74 Å². The summed E-state index contributed by atoms with van der Waals surface area (Å²) in [7, 11) is 1.77. The third-order valence-corrected chi connectivity index (χ3v) is 5.13. The van der Waals surface area contributed by atoms with Crippen LogP contribution in [0.5, 0.6) is 0 Å². The smallest absolute Gasteiger partial charge is 0.205 e. The number of nitrogens with two attached hydrogens (primary N) is 1. The quantitative estimate of drug-likeness (QED) is 0.789. The molecule has 0 fully saturated rings. The number of hydrogen-bond acceptors (Lipinski definition) is 5. The number of ether oxygens (including phenoxy) is 1. The van der Waals surface area contributed by atoms with Gasteiger partial charge in [0.25, 0.3) is 0 Å². The van der Waals surface area contributed by atoms with Gasteiger partial charge in [-0.3, -0.25) is 4.99 Å². The molecule has 0 amide bonds. The van der Waals surface area contributed by atoms with Crippen LogP contribution in [0.1, 0.15) is 45.0 Å². The maximum absolute atomic E-state index is 9.85. The summed E-state index contributed by atoms with van der Waals surface area (Å²) in [6, 6.07) is 10.4. The van der Waals surface area contributed by atoms with Gasteiger partial charge in [-0.1, -0.05) is 32.9 Å². The van der Waals surface area contributed by atoms with E-state index in [1.165, 1.54) is 0 Å². The summed E-state index contributed by atoms with van der Waals surface area (Å²) in [6.07, 6.45) is 3.70. The number of aromatic nitrogens is 2. The number of nitriles is 1. The van der Waals surface area contributed by atoms with Crippen LogP contribution in [-0.4, -0.2) is 22.3 Å². The van der Waals surface area contributed by atoms with Crippen LogP contribution in [0, 0.1) is 23.7 Å². The molecule has 150 valence electrons. The lowest BCUT2D eigenvalue weighted by Gasteiger charge is -2.33. The van der Waals surface area contributed by atoms with Gasteiger partial charge in [0.1, 0.15) is 23.2 Å². The lowest BCUT2D eigenvalue weighted by molar-refractivity contribution is 0.283. The van der Waals surface area contributed by atoms with Crippen LogP contribution >= 0.6 is 0 Å². The molecule has 1 aromatic carbocycles. The van der Waals surface area contributed by atoms with Crippen molar-refractivity contribution in [2.45, 2.75) is 40.5 Å². The van der Waals surface area contributed by atoms with Crippen molar-refractivity contribution >= 4 is 5.71 Å². The topological polar surface area (TPSA) is 89.2 Å². The van der Waals surface area contributed by atoms with Crippen LogP contribution < -0.4 is 5.73 Å². The van der Waals surface area contributed by atoms with Gasteiger partial charge in [-0.05, 0) is 31.5 Å². The van der Waals surface area contributed by atoms with Crippen molar-refractivity contribution in [3.05, 3.63) is 70.8 Å². The second-order valence-corrected chi connectivity index (χ2v) is 8.15. The Hall–Kier alpha value is -3.33. The van der Waals surface area contributed by atoms with Gasteiger partial charge in [-0.25, -0.2) is 4.98 Å². The molecule has 0 radical (unpaired) electrons. The summed E-state index contributed by atoms with van der Waals surface area (Å²) < 4.78 is 7.76. The van der Waals surface area contributed by atoms with E-state index in [1.54, 1.807) is 13.2 Å². The number of allylic oxidation sites excluding steroid dienone is 3. The Balaban J connectivity index is 2.15. The minimum Gasteiger partial charge on any atom is -0.445 e. The summed E-state index contributed by atoms with van der Waals surface area (Å²) in [6.45, 7) is 10.1. The van der Waals surface area contributed by atoms with E-state index in [9.17, 15) is 5.26 Å². The summed E-state index contributed by atoms with van der Waals surface area (Å²) in [5, 5.41) is 9.85. The normalized spacial score (nSPS) is 18.0. The average Bonchev–Trinajstić information content (AvgIpc) is 3.08. The number of aryl methyl sites for hydroxylation is 1. The molecule has 0 aliphatic carbocycles. The number of rotatable bonds is 3. The Morgan fingerprint density at radius 1 is 1.24 bits per heavy atom. The summed E-state index contributed by atoms with van der Waals surface area (Å²) in [5.74, 6) is 1.41. The minimum atomic E-state index is -0.329. The molecule has 3 rings (SSSR count). The van der Waals surface area contributed by atoms with Crippen molar-refractivity contribution in [2.24, 2.45) is 16.1 Å². The highest BCUT2D eigenvalue weighted by atomic mass is 16.5. The van der Waals surface area contributed by atoms with Crippen molar-refractivity contribution in [1.29, 1.82) is 5.26 Å². The molecule has 0 bridgehead atoms. The molecule has 29 heavy (non-hydrogen) atoms. The van der Waals surface area contributed by atoms with Gasteiger partial charge in [-0.15, -0.1) is 0 Å². The average molecular weight is 390 g/mol. The minimum absolute atomic E-state index is 0.151. The fourth-order valence-corrected chi connectivity index (χ4v) is 3.86. The Bertz CT molecular complexity index is 1060. The number of imidazole rings is 1. The lowest BCUT2D eigenvalue weighted by atomic mass is 9.74. The van der Waals surface area contributed by atoms with E-state index >= 15 is 0 Å². The zero-order chi connectivity index (χ0) is 21.3. The highest BCUT2D eigenvalue weighted by Crippen LogP contribution is 2.42. The van der Waals surface area contributed by atoms with Gasteiger partial charge in [0.15, 0.2) is 0 Å². The van der Waals surface area contributed by atoms with E-state index in [4.69, 9.17) is 10.5 Å². The molecule has 0 spiro atoms. The van der Waals surface area contributed by atoms with Gasteiger partial charge in [0.2, 0.25) is 5.88 Å². The molecule has 1 atom stereocenters. The molecule has 6 heteroatoms. The van der Waals surface area contributed by atoms with E-state index in [-0.39, 0.29) is 17.2 Å². The van der Waals surface area contributed by atoms with Crippen LogP contribution in [0.25, 0.3) is 5.69 Å². The molecule has 1 aliphatic rings. The zero-order valence-corrected chi connectivity index (χ0v) is 17.8. The second kappa shape index (κ2) is 7.59. The molecule has 2 heterocycles. The first-order valence-electron chi connectivity index (χ1n) is 9.55. The molecular weight excluding hydrogens is 362 g/mol. The highest BCUT2D eigenvalue weighted by molar-refractivity contribution is 6.06. The van der Waals surface area contributed by atoms with Gasteiger partial charge >= 0.3 is 0 Å². The van der Waals surface area contributed by atoms with Crippen molar-refractivity contribution in [3.8, 4) is 11.8 Å². The van der Waals surface area contributed by atoms with E-state index in [1.807, 2.05) is 48.9 Å². The predicted octanol–water partition coefficient (Wildman–Crippen LogP) is 4.38. The maximum Gasteiger partial charge on any atom is 0.205 e. The molecule has 1 aromatic heterocycles. The van der Waals surface area contributed by atoms with Crippen LogP contribution in [0.4, 0.5) is 0 Å². The van der Waals surface area contributed by atoms with Crippen molar-refractivity contribution in [1.82, 2.24) is 9.55 Å². The van der Waals surface area contributed by atoms with Gasteiger partial charge in [-0.2, -0.15) is 5.26 Å². The Morgan fingerprint density at radius 2 is 1.90 bits per heavy atom. The Labute approximate surface area is 172 Å². The van der Waals surface area contributed by atoms with Gasteiger partial charge in [0.05, 0.1) is 5.92 Å². The van der Waals surface area contributed by atoms with Gasteiger partial charge in [0, 0.05) is 41.8 Å². The fraction of sp³-hybridized carbons (Fsp3) is 0.348. The number of hydrogen-bond donors (Lipinski definition) is 1. The van der Waals surface area contributed by atoms with Crippen LogP contribution in [-0.2, 0) is 4.74 Å². The number of nitrogens with zero attached hydrogens (tertiary/aromatic N) is 4. The summed E-state index contributed by atoms with van der Waals surface area (Å²) >= 11 is 0. The molecule has 2 aromatic rings. The monoisotopic (exact) mass is 389 g/mol. The van der Waals surface area contributed by atoms with Crippen molar-refractivity contribution in [3.63, 3.8) is 0 Å². The maximum atomic E-state index is 9.85. The summed E-state index contributed by atoms with van der Waals surface area (Å²) in [5.41, 5.74) is 10.1. The Kier molecular flexibility index (Phi) is 5.34. The molecular formula is C23H27N5O. The lowest BCUT2D eigenvalue weighted by Crippen LogP contribution is -2.31.